The second-order valence-electron chi connectivity index (χ2n) is 7.79. The molecule has 1 aliphatic heterocycles. The molecule has 1 saturated carbocycles. The second kappa shape index (κ2) is 11.4. The van der Waals surface area contributed by atoms with Gasteiger partial charge in [0.2, 0.25) is 5.91 Å². The third-order valence-corrected chi connectivity index (χ3v) is 7.72. The van der Waals surface area contributed by atoms with Crippen LogP contribution in [-0.2, 0) is 14.6 Å². The minimum Gasteiger partial charge on any atom is -0.371 e. The number of hydrogen-bond donors (Lipinski definition) is 2. The zero-order valence-corrected chi connectivity index (χ0v) is 19.3. The summed E-state index contributed by atoms with van der Waals surface area (Å²) in [6.45, 7) is 3.37. The standard InChI is InChI=1S/C20H31N3O3S.2ClH/c1-2-27(25,26)18-8-6-17(7-9-18)23-12-10-16(11-13-23)22-20(24)14-15-4-3-5-19(15)21;;/h6-9,15-16,19H,2-5,10-14,21H2,1H3,(H,22,24);2*1H/t15-,19+;;/m0../s1. The predicted octanol–water partition coefficient (Wildman–Crippen LogP) is 2.93. The van der Waals surface area contributed by atoms with Crippen LogP contribution < -0.4 is 16.0 Å². The summed E-state index contributed by atoms with van der Waals surface area (Å²) in [7, 11) is -3.16. The van der Waals surface area contributed by atoms with Crippen molar-refractivity contribution in [1.82, 2.24) is 5.32 Å². The molecule has 9 heteroatoms. The van der Waals surface area contributed by atoms with Crippen molar-refractivity contribution >= 4 is 46.2 Å². The Labute approximate surface area is 186 Å². The van der Waals surface area contributed by atoms with E-state index in [1.165, 1.54) is 0 Å². The molecular weight excluding hydrogens is 433 g/mol. The average Bonchev–Trinajstić information content (AvgIpc) is 3.07. The molecule has 6 nitrogen and oxygen atoms in total. The van der Waals surface area contributed by atoms with Crippen LogP contribution in [-0.4, -0.2) is 45.3 Å². The Hall–Kier alpha value is -1.02. The number of amides is 1. The van der Waals surface area contributed by atoms with Crippen molar-refractivity contribution < 1.29 is 13.2 Å². The Morgan fingerprint density at radius 3 is 2.24 bits per heavy atom. The molecule has 2 aliphatic rings. The van der Waals surface area contributed by atoms with Gasteiger partial charge in [-0.25, -0.2) is 8.42 Å². The highest BCUT2D eigenvalue weighted by molar-refractivity contribution is 7.91. The highest BCUT2D eigenvalue weighted by atomic mass is 35.5. The Kier molecular flexibility index (Phi) is 10.2. The van der Waals surface area contributed by atoms with Crippen molar-refractivity contribution in [2.24, 2.45) is 11.7 Å². The van der Waals surface area contributed by atoms with E-state index in [9.17, 15) is 13.2 Å². The van der Waals surface area contributed by atoms with Crippen molar-refractivity contribution in [2.75, 3.05) is 23.7 Å². The van der Waals surface area contributed by atoms with Crippen LogP contribution in [0.4, 0.5) is 5.69 Å². The molecule has 0 radical (unpaired) electrons. The van der Waals surface area contributed by atoms with E-state index in [4.69, 9.17) is 5.73 Å². The van der Waals surface area contributed by atoms with Gasteiger partial charge in [0.1, 0.15) is 0 Å². The van der Waals surface area contributed by atoms with Crippen LogP contribution in [0.25, 0.3) is 0 Å². The first-order valence-corrected chi connectivity index (χ1v) is 11.7. The zero-order valence-electron chi connectivity index (χ0n) is 16.9. The first-order valence-electron chi connectivity index (χ1n) is 10.0. The van der Waals surface area contributed by atoms with E-state index in [0.29, 0.717) is 17.2 Å². The van der Waals surface area contributed by atoms with Gasteiger partial charge >= 0.3 is 0 Å². The lowest BCUT2D eigenvalue weighted by molar-refractivity contribution is -0.122. The fraction of sp³-hybridized carbons (Fsp3) is 0.650. The summed E-state index contributed by atoms with van der Waals surface area (Å²) in [4.78, 5) is 14.9. The summed E-state index contributed by atoms with van der Waals surface area (Å²) in [5, 5.41) is 3.17. The molecule has 0 unspecified atom stereocenters. The number of benzene rings is 1. The molecule has 1 amide bonds. The molecule has 1 heterocycles. The molecule has 1 saturated heterocycles. The molecule has 1 aromatic carbocycles. The van der Waals surface area contributed by atoms with Crippen LogP contribution in [0.2, 0.25) is 0 Å². The van der Waals surface area contributed by atoms with E-state index in [-0.39, 0.29) is 48.6 Å². The minimum atomic E-state index is -3.16. The molecule has 2 atom stereocenters. The number of nitrogens with zero attached hydrogens (tertiary/aromatic N) is 1. The molecule has 1 aromatic rings. The first kappa shape index (κ1) is 26.0. The SMILES string of the molecule is CCS(=O)(=O)c1ccc(N2CCC(NC(=O)C[C@@H]3CCC[C@H]3N)CC2)cc1.Cl.Cl. The number of anilines is 1. The van der Waals surface area contributed by atoms with Crippen LogP contribution in [0.1, 0.15) is 45.4 Å². The number of rotatable bonds is 6. The highest BCUT2D eigenvalue weighted by Gasteiger charge is 2.27. The van der Waals surface area contributed by atoms with Gasteiger partial charge in [-0.1, -0.05) is 13.3 Å². The summed E-state index contributed by atoms with van der Waals surface area (Å²) in [6, 6.07) is 7.52. The van der Waals surface area contributed by atoms with Crippen LogP contribution in [0.15, 0.2) is 29.2 Å². The monoisotopic (exact) mass is 465 g/mol. The minimum absolute atomic E-state index is 0. The topological polar surface area (TPSA) is 92.5 Å². The Bertz CT molecular complexity index is 751. The third-order valence-electron chi connectivity index (χ3n) is 5.97. The van der Waals surface area contributed by atoms with E-state index < -0.39 is 9.84 Å². The fourth-order valence-corrected chi connectivity index (χ4v) is 5.04. The Morgan fingerprint density at radius 2 is 1.72 bits per heavy atom. The summed E-state index contributed by atoms with van der Waals surface area (Å²) in [5.41, 5.74) is 7.10. The van der Waals surface area contributed by atoms with Crippen molar-refractivity contribution in [2.45, 2.75) is 62.4 Å². The van der Waals surface area contributed by atoms with Gasteiger partial charge in [-0.15, -0.1) is 24.8 Å². The summed E-state index contributed by atoms with van der Waals surface area (Å²) in [5.74, 6) is 0.580. The van der Waals surface area contributed by atoms with Gasteiger partial charge in [0.05, 0.1) is 10.6 Å². The molecule has 0 spiro atoms. The van der Waals surface area contributed by atoms with E-state index in [1.807, 2.05) is 12.1 Å². The van der Waals surface area contributed by atoms with E-state index >= 15 is 0 Å². The summed E-state index contributed by atoms with van der Waals surface area (Å²) >= 11 is 0. The van der Waals surface area contributed by atoms with Crippen molar-refractivity contribution in [3.8, 4) is 0 Å². The van der Waals surface area contributed by atoms with Crippen molar-refractivity contribution in [3.05, 3.63) is 24.3 Å². The van der Waals surface area contributed by atoms with Gasteiger partial charge in [-0.05, 0) is 55.9 Å². The number of nitrogens with two attached hydrogens (primary N) is 1. The lowest BCUT2D eigenvalue weighted by Crippen LogP contribution is -2.45. The molecule has 29 heavy (non-hydrogen) atoms. The molecule has 3 rings (SSSR count). The Balaban J connectivity index is 0.00000210. The third kappa shape index (κ3) is 6.74. The molecular formula is C20H33Cl2N3O3S. The molecule has 3 N–H and O–H groups in total. The van der Waals surface area contributed by atoms with Crippen LogP contribution >= 0.6 is 24.8 Å². The van der Waals surface area contributed by atoms with Gasteiger partial charge in [0.25, 0.3) is 0 Å². The number of halogens is 2. The predicted molar refractivity (Wildman–Crippen MR) is 122 cm³/mol. The van der Waals surface area contributed by atoms with Crippen LogP contribution in [0.5, 0.6) is 0 Å². The maximum atomic E-state index is 12.3. The molecule has 0 aromatic heterocycles. The van der Waals surface area contributed by atoms with E-state index in [0.717, 1.165) is 50.9 Å². The van der Waals surface area contributed by atoms with Gasteiger partial charge in [-0.2, -0.15) is 0 Å². The molecule has 166 valence electrons. The highest BCUT2D eigenvalue weighted by Crippen LogP contribution is 2.27. The number of hydrogen-bond acceptors (Lipinski definition) is 5. The molecule has 0 bridgehead atoms. The second-order valence-corrected chi connectivity index (χ2v) is 10.1. The first-order chi connectivity index (χ1) is 12.9. The molecule has 2 fully saturated rings. The zero-order chi connectivity index (χ0) is 19.4. The lowest BCUT2D eigenvalue weighted by atomic mass is 9.98. The average molecular weight is 466 g/mol. The van der Waals surface area contributed by atoms with Gasteiger partial charge < -0.3 is 16.0 Å². The van der Waals surface area contributed by atoms with Gasteiger partial charge in [-0.3, -0.25) is 4.79 Å². The maximum Gasteiger partial charge on any atom is 0.220 e. The van der Waals surface area contributed by atoms with Crippen LogP contribution in [0, 0.1) is 5.92 Å². The maximum absolute atomic E-state index is 12.3. The van der Waals surface area contributed by atoms with Crippen molar-refractivity contribution in [3.63, 3.8) is 0 Å². The van der Waals surface area contributed by atoms with Gasteiger partial charge in [0.15, 0.2) is 9.84 Å². The molecule has 1 aliphatic carbocycles. The number of carbonyl (C=O) groups is 1. The van der Waals surface area contributed by atoms with Crippen molar-refractivity contribution in [1.29, 1.82) is 0 Å². The number of sulfone groups is 1. The smallest absolute Gasteiger partial charge is 0.220 e. The quantitative estimate of drug-likeness (QED) is 0.673. The number of nitrogens with one attached hydrogen (secondary N) is 1. The Morgan fingerprint density at radius 1 is 1.10 bits per heavy atom. The normalized spacial score (nSPS) is 22.5. The summed E-state index contributed by atoms with van der Waals surface area (Å²) < 4.78 is 23.8. The van der Waals surface area contributed by atoms with E-state index in [1.54, 1.807) is 19.1 Å². The summed E-state index contributed by atoms with van der Waals surface area (Å²) in [6.07, 6.45) is 5.59. The lowest BCUT2D eigenvalue weighted by Gasteiger charge is -2.34. The van der Waals surface area contributed by atoms with Gasteiger partial charge in [0, 0.05) is 37.3 Å². The largest absolute Gasteiger partial charge is 0.371 e. The number of carbonyl (C=O) groups excluding carboxylic acids is 1. The van der Waals surface area contributed by atoms with E-state index in [2.05, 4.69) is 10.2 Å². The number of piperidine rings is 1. The van der Waals surface area contributed by atoms with Crippen LogP contribution in [0.3, 0.4) is 0 Å². The fourth-order valence-electron chi connectivity index (χ4n) is 4.16.